The van der Waals surface area contributed by atoms with E-state index in [1.807, 2.05) is 12.1 Å². The van der Waals surface area contributed by atoms with Crippen molar-refractivity contribution in [1.82, 2.24) is 24.6 Å². The molecule has 2 aliphatic heterocycles. The normalized spacial score (nSPS) is 18.2. The van der Waals surface area contributed by atoms with Gasteiger partial charge in [-0.2, -0.15) is 12.7 Å². The molecule has 6 rings (SSSR count). The fourth-order valence-electron chi connectivity index (χ4n) is 5.68. The average Bonchev–Trinajstić information content (AvgIpc) is 3.65. The molecule has 3 aromatic heterocycles. The number of nitrogens with one attached hydrogen (secondary N) is 3. The van der Waals surface area contributed by atoms with Gasteiger partial charge in [-0.05, 0) is 62.6 Å². The van der Waals surface area contributed by atoms with Gasteiger partial charge in [0.2, 0.25) is 5.78 Å². The molecule has 1 aromatic carbocycles. The lowest BCUT2D eigenvalue weighted by molar-refractivity contribution is 0.103. The molecule has 1 atom stereocenters. The number of H-pyrrole nitrogens is 1. The highest BCUT2D eigenvalue weighted by Crippen LogP contribution is 2.30. The zero-order chi connectivity index (χ0) is 30.1. The first-order valence-corrected chi connectivity index (χ1v) is 15.9. The summed E-state index contributed by atoms with van der Waals surface area (Å²) in [5.41, 5.74) is 0.480. The second kappa shape index (κ2) is 12.0. The van der Waals surface area contributed by atoms with Gasteiger partial charge in [-0.25, -0.2) is 18.7 Å². The number of aromatic nitrogens is 3. The molecule has 5 heterocycles. The third-order valence-electron chi connectivity index (χ3n) is 8.11. The third kappa shape index (κ3) is 5.84. The van der Waals surface area contributed by atoms with E-state index in [1.54, 1.807) is 18.5 Å². The molecule has 0 bridgehead atoms. The number of carbonyl (C=O) groups excluding carboxylic acids is 1. The number of halogens is 2. The fourth-order valence-corrected chi connectivity index (χ4v) is 6.98. The summed E-state index contributed by atoms with van der Waals surface area (Å²) in [7, 11) is -4.05. The molecule has 4 aromatic rings. The molecular weight excluding hydrogens is 576 g/mol. The van der Waals surface area contributed by atoms with Crippen LogP contribution in [0.3, 0.4) is 0 Å². The zero-order valence-corrected chi connectivity index (χ0v) is 24.6. The van der Waals surface area contributed by atoms with Crippen LogP contribution >= 0.6 is 0 Å². The predicted molar refractivity (Wildman–Crippen MR) is 161 cm³/mol. The molecule has 10 nitrogen and oxygen atoms in total. The van der Waals surface area contributed by atoms with E-state index in [9.17, 15) is 17.6 Å². The number of hydrogen-bond donors (Lipinski definition) is 3. The Morgan fingerprint density at radius 1 is 1.05 bits per heavy atom. The van der Waals surface area contributed by atoms with Crippen molar-refractivity contribution in [3.05, 3.63) is 71.7 Å². The summed E-state index contributed by atoms with van der Waals surface area (Å²) in [6, 6.07) is 7.88. The number of ketones is 1. The van der Waals surface area contributed by atoms with E-state index in [0.29, 0.717) is 48.6 Å². The average molecular weight is 610 g/mol. The quantitative estimate of drug-likeness (QED) is 0.252. The summed E-state index contributed by atoms with van der Waals surface area (Å²) in [6.45, 7) is 5.54. The van der Waals surface area contributed by atoms with Crippen molar-refractivity contribution in [2.24, 2.45) is 0 Å². The van der Waals surface area contributed by atoms with Crippen LogP contribution in [0.15, 0.2) is 48.9 Å². The van der Waals surface area contributed by atoms with Gasteiger partial charge in [-0.3, -0.25) is 9.52 Å². The summed E-state index contributed by atoms with van der Waals surface area (Å²) >= 11 is 0. The van der Waals surface area contributed by atoms with Crippen LogP contribution in [-0.4, -0.2) is 72.2 Å². The van der Waals surface area contributed by atoms with E-state index < -0.39 is 38.9 Å². The van der Waals surface area contributed by atoms with E-state index in [1.165, 1.54) is 10.5 Å². The molecule has 0 spiro atoms. The number of fused-ring (bicyclic) bond motifs is 1. The second-order valence-electron chi connectivity index (χ2n) is 10.9. The lowest BCUT2D eigenvalue weighted by Gasteiger charge is -2.25. The standard InChI is InChI=1S/C30H33F2N7O3S/c1-2-21-18-38(11-5-10-33-21)26-9-6-19(15-34-26)20-14-22-23(17-36-30(22)35-16-20)29(40)27-24(31)7-8-25(28(27)32)37-43(41,42)39-12-3-4-13-39/h6-9,14-17,21,33,37H,2-5,10-13,18H2,1H3,(H,35,36)/t21-/m1/s1. The summed E-state index contributed by atoms with van der Waals surface area (Å²) in [5, 5.41) is 3.93. The minimum Gasteiger partial charge on any atom is -0.355 e. The maximum absolute atomic E-state index is 15.6. The van der Waals surface area contributed by atoms with Crippen molar-refractivity contribution in [2.45, 2.75) is 38.6 Å². The molecule has 226 valence electrons. The van der Waals surface area contributed by atoms with Crippen LogP contribution in [0.5, 0.6) is 0 Å². The van der Waals surface area contributed by atoms with Crippen LogP contribution in [0.2, 0.25) is 0 Å². The first-order valence-electron chi connectivity index (χ1n) is 14.5. The number of hydrogen-bond acceptors (Lipinski definition) is 7. The van der Waals surface area contributed by atoms with Crippen LogP contribution in [0.1, 0.15) is 48.5 Å². The smallest absolute Gasteiger partial charge is 0.301 e. The maximum atomic E-state index is 15.6. The van der Waals surface area contributed by atoms with Crippen LogP contribution in [-0.2, 0) is 10.2 Å². The van der Waals surface area contributed by atoms with Gasteiger partial charge in [0.15, 0.2) is 5.82 Å². The lowest BCUT2D eigenvalue weighted by Crippen LogP contribution is -2.37. The predicted octanol–water partition coefficient (Wildman–Crippen LogP) is 4.46. The number of carbonyl (C=O) groups is 1. The number of aromatic amines is 1. The fraction of sp³-hybridized carbons (Fsp3) is 0.367. The number of benzene rings is 1. The highest BCUT2D eigenvalue weighted by Gasteiger charge is 2.29. The summed E-state index contributed by atoms with van der Waals surface area (Å²) in [4.78, 5) is 27.8. The molecular formula is C30H33F2N7O3S. The first kappa shape index (κ1) is 29.1. The van der Waals surface area contributed by atoms with E-state index in [2.05, 4.69) is 36.8 Å². The van der Waals surface area contributed by atoms with E-state index in [-0.39, 0.29) is 5.56 Å². The van der Waals surface area contributed by atoms with Gasteiger partial charge >= 0.3 is 10.2 Å². The Hall–Kier alpha value is -3.94. The summed E-state index contributed by atoms with van der Waals surface area (Å²) in [5.74, 6) is -2.43. The molecule has 2 saturated heterocycles. The Labute approximate surface area is 248 Å². The second-order valence-corrected chi connectivity index (χ2v) is 12.6. The van der Waals surface area contributed by atoms with Crippen LogP contribution in [0.25, 0.3) is 22.2 Å². The third-order valence-corrected chi connectivity index (χ3v) is 9.64. The lowest BCUT2D eigenvalue weighted by atomic mass is 10.00. The Bertz CT molecular complexity index is 1760. The van der Waals surface area contributed by atoms with Gasteiger partial charge in [0.1, 0.15) is 17.3 Å². The van der Waals surface area contributed by atoms with Gasteiger partial charge < -0.3 is 15.2 Å². The Kier molecular flexibility index (Phi) is 8.12. The number of nitrogens with zero attached hydrogens (tertiary/aromatic N) is 4. The molecule has 0 radical (unpaired) electrons. The maximum Gasteiger partial charge on any atom is 0.301 e. The van der Waals surface area contributed by atoms with Crippen LogP contribution in [0.4, 0.5) is 20.3 Å². The van der Waals surface area contributed by atoms with E-state index in [4.69, 9.17) is 0 Å². The highest BCUT2D eigenvalue weighted by molar-refractivity contribution is 7.90. The molecule has 13 heteroatoms. The zero-order valence-electron chi connectivity index (χ0n) is 23.7. The Morgan fingerprint density at radius 2 is 1.84 bits per heavy atom. The van der Waals surface area contributed by atoms with Crippen molar-refractivity contribution < 1.29 is 22.0 Å². The Morgan fingerprint density at radius 3 is 2.58 bits per heavy atom. The summed E-state index contributed by atoms with van der Waals surface area (Å²) in [6.07, 6.45) is 8.19. The molecule has 0 aliphatic carbocycles. The molecule has 0 saturated carbocycles. The van der Waals surface area contributed by atoms with Crippen molar-refractivity contribution in [2.75, 3.05) is 42.3 Å². The van der Waals surface area contributed by atoms with Crippen molar-refractivity contribution >= 4 is 38.5 Å². The molecule has 3 N–H and O–H groups in total. The van der Waals surface area contributed by atoms with Gasteiger partial charge in [0.25, 0.3) is 0 Å². The SMILES string of the molecule is CC[C@@H]1CN(c2ccc(-c3cnc4[nH]cc(C(=O)c5c(F)ccc(NS(=O)(=O)N6CCCC6)c5F)c4c3)cn2)CCCN1. The van der Waals surface area contributed by atoms with Gasteiger partial charge in [0.05, 0.1) is 11.3 Å². The minimum atomic E-state index is -4.05. The molecule has 2 aliphatic rings. The minimum absolute atomic E-state index is 0.00829. The van der Waals surface area contributed by atoms with E-state index >= 15 is 4.39 Å². The summed E-state index contributed by atoms with van der Waals surface area (Å²) < 4.78 is 59.2. The van der Waals surface area contributed by atoms with E-state index in [0.717, 1.165) is 56.0 Å². The largest absolute Gasteiger partial charge is 0.355 e. The molecule has 0 unspecified atom stereocenters. The highest BCUT2D eigenvalue weighted by atomic mass is 32.2. The van der Waals surface area contributed by atoms with Crippen LogP contribution < -0.4 is 14.9 Å². The van der Waals surface area contributed by atoms with Gasteiger partial charge in [-0.15, -0.1) is 0 Å². The number of rotatable bonds is 8. The van der Waals surface area contributed by atoms with Crippen molar-refractivity contribution in [3.63, 3.8) is 0 Å². The topological polar surface area (TPSA) is 123 Å². The van der Waals surface area contributed by atoms with Crippen molar-refractivity contribution in [3.8, 4) is 11.1 Å². The monoisotopic (exact) mass is 609 g/mol. The van der Waals surface area contributed by atoms with Crippen LogP contribution in [0, 0.1) is 11.6 Å². The molecule has 0 amide bonds. The molecule has 43 heavy (non-hydrogen) atoms. The van der Waals surface area contributed by atoms with Crippen molar-refractivity contribution in [1.29, 1.82) is 0 Å². The number of anilines is 2. The first-order chi connectivity index (χ1) is 20.7. The molecule has 2 fully saturated rings. The number of pyridine rings is 2. The van der Waals surface area contributed by atoms with Gasteiger partial charge in [-0.1, -0.05) is 6.92 Å². The van der Waals surface area contributed by atoms with Gasteiger partial charge in [0, 0.05) is 72.9 Å². The Balaban J connectivity index is 1.28.